The van der Waals surface area contributed by atoms with Crippen LogP contribution >= 0.6 is 0 Å². The molecule has 1 aliphatic rings. The van der Waals surface area contributed by atoms with E-state index in [0.717, 1.165) is 60.0 Å². The molecular weight excluding hydrogens is 416 g/mol. The molecule has 1 heterocycles. The molecule has 0 radical (unpaired) electrons. The summed E-state index contributed by atoms with van der Waals surface area (Å²) in [6.45, 7) is 19.8. The fourth-order valence-electron chi connectivity index (χ4n) is 5.59. The van der Waals surface area contributed by atoms with E-state index in [1.54, 1.807) is 0 Å². The van der Waals surface area contributed by atoms with Crippen LogP contribution in [0.3, 0.4) is 0 Å². The summed E-state index contributed by atoms with van der Waals surface area (Å²) in [5.74, 6) is 3.63. The largest absolute Gasteiger partial charge is 0.507 e. The zero-order valence-electron chi connectivity index (χ0n) is 23.6. The summed E-state index contributed by atoms with van der Waals surface area (Å²) in [5.41, 5.74) is 4.11. The fraction of sp³-hybridized carbons (Fsp3) is 0.750. The number of fused-ring (bicyclic) bond motifs is 1. The maximum absolute atomic E-state index is 10.9. The Bertz CT molecular complexity index is 776. The second-order valence-corrected chi connectivity index (χ2v) is 12.1. The van der Waals surface area contributed by atoms with Gasteiger partial charge >= 0.3 is 0 Å². The Morgan fingerprint density at radius 3 is 2.12 bits per heavy atom. The van der Waals surface area contributed by atoms with Gasteiger partial charge in [0.05, 0.1) is 0 Å². The standard InChI is InChI=1S/C32H54O2/c1-9-32(20-15-18-25(6)17-14-12-10-11-13-16-23(2)3)21-19-28-29(22-24(4)5)30(33)26(7)27(8)31(28)34-32/h9,23-25,33H,1,10-22H2,2-8H3. The number of phenols is 1. The molecule has 0 spiro atoms. The molecule has 0 bridgehead atoms. The van der Waals surface area contributed by atoms with Crippen molar-refractivity contribution in [2.45, 2.75) is 138 Å². The third-order valence-electron chi connectivity index (χ3n) is 8.05. The monoisotopic (exact) mass is 470 g/mol. The van der Waals surface area contributed by atoms with E-state index in [1.807, 2.05) is 6.92 Å². The SMILES string of the molecule is C=CC1(CCCC(C)CCCCCCCC(C)C)CCc2c(CC(C)C)c(O)c(C)c(C)c2O1. The molecule has 2 heteroatoms. The van der Waals surface area contributed by atoms with Gasteiger partial charge in [-0.15, -0.1) is 0 Å². The van der Waals surface area contributed by atoms with E-state index in [9.17, 15) is 5.11 Å². The lowest BCUT2D eigenvalue weighted by Crippen LogP contribution is -2.38. The van der Waals surface area contributed by atoms with Crippen molar-refractivity contribution in [3.63, 3.8) is 0 Å². The minimum absolute atomic E-state index is 0.271. The molecule has 2 unspecified atom stereocenters. The topological polar surface area (TPSA) is 29.5 Å². The maximum Gasteiger partial charge on any atom is 0.127 e. The molecule has 2 atom stereocenters. The molecule has 0 saturated heterocycles. The summed E-state index contributed by atoms with van der Waals surface area (Å²) >= 11 is 0. The zero-order chi connectivity index (χ0) is 25.3. The summed E-state index contributed by atoms with van der Waals surface area (Å²) in [6, 6.07) is 0. The van der Waals surface area contributed by atoms with Crippen LogP contribution in [0.2, 0.25) is 0 Å². The van der Waals surface area contributed by atoms with Crippen LogP contribution in [0, 0.1) is 31.6 Å². The molecular formula is C32H54O2. The summed E-state index contributed by atoms with van der Waals surface area (Å²) < 4.78 is 6.76. The van der Waals surface area contributed by atoms with E-state index in [2.05, 4.69) is 54.2 Å². The lowest BCUT2D eigenvalue weighted by atomic mass is 9.81. The molecule has 34 heavy (non-hydrogen) atoms. The van der Waals surface area contributed by atoms with E-state index in [-0.39, 0.29) is 5.60 Å². The Kier molecular flexibility index (Phi) is 11.5. The third-order valence-corrected chi connectivity index (χ3v) is 8.05. The molecule has 0 amide bonds. The number of aromatic hydroxyl groups is 1. The summed E-state index contributed by atoms with van der Waals surface area (Å²) in [7, 11) is 0. The number of hydrogen-bond donors (Lipinski definition) is 1. The Morgan fingerprint density at radius 2 is 1.50 bits per heavy atom. The van der Waals surface area contributed by atoms with Gasteiger partial charge in [0.2, 0.25) is 0 Å². The molecule has 1 aliphatic heterocycles. The van der Waals surface area contributed by atoms with Crippen molar-refractivity contribution in [2.24, 2.45) is 17.8 Å². The van der Waals surface area contributed by atoms with Crippen LogP contribution in [0.25, 0.3) is 0 Å². The van der Waals surface area contributed by atoms with Crippen LogP contribution in [0.1, 0.15) is 128 Å². The van der Waals surface area contributed by atoms with E-state index < -0.39 is 0 Å². The van der Waals surface area contributed by atoms with Gasteiger partial charge in [0.25, 0.3) is 0 Å². The van der Waals surface area contributed by atoms with Crippen molar-refractivity contribution >= 4 is 0 Å². The normalized spacial score (nSPS) is 18.7. The predicted octanol–water partition coefficient (Wildman–Crippen LogP) is 9.65. The highest BCUT2D eigenvalue weighted by atomic mass is 16.5. The number of rotatable bonds is 15. The number of hydrogen-bond acceptors (Lipinski definition) is 2. The number of unbranched alkanes of at least 4 members (excludes halogenated alkanes) is 4. The molecule has 0 fully saturated rings. The maximum atomic E-state index is 10.9. The Hall–Kier alpha value is -1.44. The zero-order valence-corrected chi connectivity index (χ0v) is 23.6. The molecule has 1 aromatic rings. The van der Waals surface area contributed by atoms with Crippen LogP contribution in [-0.4, -0.2) is 10.7 Å². The van der Waals surface area contributed by atoms with E-state index in [1.165, 1.54) is 63.4 Å². The van der Waals surface area contributed by atoms with Gasteiger partial charge in [-0.25, -0.2) is 0 Å². The van der Waals surface area contributed by atoms with Crippen LogP contribution < -0.4 is 4.74 Å². The molecule has 2 nitrogen and oxygen atoms in total. The first-order valence-electron chi connectivity index (χ1n) is 14.3. The third kappa shape index (κ3) is 8.06. The highest BCUT2D eigenvalue weighted by Crippen LogP contribution is 2.46. The Labute approximate surface area is 211 Å². The van der Waals surface area contributed by atoms with Crippen LogP contribution in [0.15, 0.2) is 12.7 Å². The quantitative estimate of drug-likeness (QED) is 0.204. The minimum Gasteiger partial charge on any atom is -0.507 e. The minimum atomic E-state index is -0.271. The smallest absolute Gasteiger partial charge is 0.127 e. The molecule has 0 aliphatic carbocycles. The molecule has 0 aromatic heterocycles. The molecule has 1 N–H and O–H groups in total. The highest BCUT2D eigenvalue weighted by molar-refractivity contribution is 5.59. The van der Waals surface area contributed by atoms with Gasteiger partial charge in [0.1, 0.15) is 17.1 Å². The first kappa shape index (κ1) is 28.8. The van der Waals surface area contributed by atoms with Gasteiger partial charge in [-0.3, -0.25) is 0 Å². The van der Waals surface area contributed by atoms with Gasteiger partial charge in [-0.2, -0.15) is 0 Å². The van der Waals surface area contributed by atoms with Crippen molar-refractivity contribution in [1.82, 2.24) is 0 Å². The van der Waals surface area contributed by atoms with Gasteiger partial charge in [-0.1, -0.05) is 92.6 Å². The summed E-state index contributed by atoms with van der Waals surface area (Å²) in [5, 5.41) is 10.9. The van der Waals surface area contributed by atoms with Crippen molar-refractivity contribution in [1.29, 1.82) is 0 Å². The van der Waals surface area contributed by atoms with Crippen LogP contribution in [-0.2, 0) is 12.8 Å². The van der Waals surface area contributed by atoms with Gasteiger partial charge in [-0.05, 0) is 80.9 Å². The van der Waals surface area contributed by atoms with E-state index >= 15 is 0 Å². The van der Waals surface area contributed by atoms with Crippen LogP contribution in [0.5, 0.6) is 11.5 Å². The average Bonchev–Trinajstić information content (AvgIpc) is 2.79. The van der Waals surface area contributed by atoms with Crippen molar-refractivity contribution in [3.8, 4) is 11.5 Å². The van der Waals surface area contributed by atoms with Crippen molar-refractivity contribution < 1.29 is 9.84 Å². The number of phenolic OH excluding ortho intramolecular Hbond substituents is 1. The molecule has 194 valence electrons. The van der Waals surface area contributed by atoms with E-state index in [4.69, 9.17) is 4.74 Å². The summed E-state index contributed by atoms with van der Waals surface area (Å²) in [4.78, 5) is 0. The van der Waals surface area contributed by atoms with Crippen LogP contribution in [0.4, 0.5) is 0 Å². The molecule has 2 rings (SSSR count). The Balaban J connectivity index is 1.88. The highest BCUT2D eigenvalue weighted by Gasteiger charge is 2.36. The van der Waals surface area contributed by atoms with Gasteiger partial charge < -0.3 is 9.84 Å². The second-order valence-electron chi connectivity index (χ2n) is 12.1. The van der Waals surface area contributed by atoms with E-state index in [0.29, 0.717) is 11.7 Å². The lowest BCUT2D eigenvalue weighted by Gasteiger charge is -2.39. The van der Waals surface area contributed by atoms with Gasteiger partial charge in [0, 0.05) is 11.1 Å². The lowest BCUT2D eigenvalue weighted by molar-refractivity contribution is 0.0799. The van der Waals surface area contributed by atoms with Crippen molar-refractivity contribution in [2.75, 3.05) is 0 Å². The predicted molar refractivity (Wildman–Crippen MR) is 148 cm³/mol. The first-order chi connectivity index (χ1) is 16.1. The fourth-order valence-corrected chi connectivity index (χ4v) is 5.59. The second kappa shape index (κ2) is 13.6. The average molecular weight is 471 g/mol. The molecule has 1 aromatic carbocycles. The van der Waals surface area contributed by atoms with Crippen molar-refractivity contribution in [3.05, 3.63) is 34.9 Å². The summed E-state index contributed by atoms with van der Waals surface area (Å²) in [6.07, 6.45) is 18.1. The molecule has 0 saturated carbocycles. The van der Waals surface area contributed by atoms with Gasteiger partial charge in [0.15, 0.2) is 0 Å². The first-order valence-corrected chi connectivity index (χ1v) is 14.3. The number of ether oxygens (including phenoxy) is 1. The Morgan fingerprint density at radius 1 is 0.882 bits per heavy atom. The number of benzene rings is 1.